The van der Waals surface area contributed by atoms with Crippen molar-refractivity contribution in [2.45, 2.75) is 0 Å². The van der Waals surface area contributed by atoms with Gasteiger partial charge in [-0.3, -0.25) is 4.79 Å². The molecule has 1 amide bonds. The predicted molar refractivity (Wildman–Crippen MR) is 137 cm³/mol. The van der Waals surface area contributed by atoms with Crippen LogP contribution in [0.2, 0.25) is 5.02 Å². The van der Waals surface area contributed by atoms with Crippen LogP contribution < -0.4 is 33.8 Å². The number of halogens is 1. The van der Waals surface area contributed by atoms with Gasteiger partial charge in [-0.25, -0.2) is 10.2 Å². The van der Waals surface area contributed by atoms with E-state index in [0.717, 1.165) is 0 Å². The van der Waals surface area contributed by atoms with Gasteiger partial charge in [0, 0.05) is 5.02 Å². The number of methoxy groups -OCH3 is 4. The van der Waals surface area contributed by atoms with E-state index in [1.165, 1.54) is 46.8 Å². The lowest BCUT2D eigenvalue weighted by atomic mass is 10.1. The molecule has 37 heavy (non-hydrogen) atoms. The first-order valence-electron chi connectivity index (χ1n) is 10.8. The van der Waals surface area contributed by atoms with Crippen LogP contribution >= 0.6 is 11.6 Å². The number of ether oxygens (including phenoxy) is 6. The molecule has 1 N–H and O–H groups in total. The van der Waals surface area contributed by atoms with Crippen molar-refractivity contribution in [3.8, 4) is 34.5 Å². The van der Waals surface area contributed by atoms with Gasteiger partial charge >= 0.3 is 5.97 Å². The Kier molecular flexibility index (Phi) is 9.56. The number of rotatable bonds is 11. The summed E-state index contributed by atoms with van der Waals surface area (Å²) in [7, 11) is 5.80. The molecule has 3 aromatic carbocycles. The summed E-state index contributed by atoms with van der Waals surface area (Å²) in [5, 5.41) is 4.48. The van der Waals surface area contributed by atoms with Crippen LogP contribution in [0.1, 0.15) is 15.9 Å². The minimum absolute atomic E-state index is 0.179. The highest BCUT2D eigenvalue weighted by Gasteiger charge is 2.19. The van der Waals surface area contributed by atoms with Crippen LogP contribution in [0, 0.1) is 0 Å². The average Bonchev–Trinajstić information content (AvgIpc) is 2.92. The number of carbonyl (C=O) groups excluding carboxylic acids is 2. The molecule has 0 atom stereocenters. The van der Waals surface area contributed by atoms with Gasteiger partial charge in [0.25, 0.3) is 5.91 Å². The Balaban J connectivity index is 1.64. The van der Waals surface area contributed by atoms with E-state index in [-0.39, 0.29) is 23.7 Å². The van der Waals surface area contributed by atoms with Crippen LogP contribution in [0.4, 0.5) is 0 Å². The van der Waals surface area contributed by atoms with Gasteiger partial charge in [0.15, 0.2) is 29.6 Å². The summed E-state index contributed by atoms with van der Waals surface area (Å²) in [6.45, 7) is -0.224. The molecular weight excluding hydrogens is 504 g/mol. The van der Waals surface area contributed by atoms with Crippen molar-refractivity contribution in [3.05, 3.63) is 70.7 Å². The van der Waals surface area contributed by atoms with Gasteiger partial charge in [-0.1, -0.05) is 11.6 Å². The second-order valence-corrected chi connectivity index (χ2v) is 7.69. The van der Waals surface area contributed by atoms with E-state index in [1.54, 1.807) is 42.5 Å². The standard InChI is InChI=1S/C26H25ClN2O8/c1-32-21-11-16(14-28-29-24(30)15-36-19-8-6-18(27)7-9-19)5-10-20(21)37-26(31)17-12-22(33-2)25(35-4)23(13-17)34-3/h5-14H,15H2,1-4H3,(H,29,30)/b28-14+. The minimum Gasteiger partial charge on any atom is -0.493 e. The van der Waals surface area contributed by atoms with E-state index >= 15 is 0 Å². The van der Waals surface area contributed by atoms with Gasteiger partial charge in [-0.15, -0.1) is 0 Å². The maximum absolute atomic E-state index is 12.8. The summed E-state index contributed by atoms with van der Waals surface area (Å²) >= 11 is 5.82. The zero-order chi connectivity index (χ0) is 26.8. The summed E-state index contributed by atoms with van der Waals surface area (Å²) in [6.07, 6.45) is 1.41. The molecule has 0 saturated carbocycles. The molecule has 10 nitrogen and oxygen atoms in total. The molecule has 0 unspecified atom stereocenters. The Morgan fingerprint density at radius 3 is 2.08 bits per heavy atom. The molecule has 0 aromatic heterocycles. The number of hydrogen-bond acceptors (Lipinski definition) is 9. The van der Waals surface area contributed by atoms with Crippen molar-refractivity contribution in [1.29, 1.82) is 0 Å². The van der Waals surface area contributed by atoms with Crippen molar-refractivity contribution in [3.63, 3.8) is 0 Å². The smallest absolute Gasteiger partial charge is 0.343 e. The Morgan fingerprint density at radius 1 is 0.838 bits per heavy atom. The molecule has 194 valence electrons. The molecule has 0 radical (unpaired) electrons. The zero-order valence-electron chi connectivity index (χ0n) is 20.6. The van der Waals surface area contributed by atoms with Gasteiger partial charge in [0.05, 0.1) is 40.2 Å². The summed E-state index contributed by atoms with van der Waals surface area (Å²) in [5.41, 5.74) is 3.14. The molecule has 0 aliphatic heterocycles. The van der Waals surface area contributed by atoms with Crippen molar-refractivity contribution in [2.75, 3.05) is 35.0 Å². The van der Waals surface area contributed by atoms with E-state index in [2.05, 4.69) is 10.5 Å². The summed E-state index contributed by atoms with van der Waals surface area (Å²) in [5.74, 6) is 0.833. The zero-order valence-corrected chi connectivity index (χ0v) is 21.3. The fraction of sp³-hybridized carbons (Fsp3) is 0.192. The highest BCUT2D eigenvalue weighted by atomic mass is 35.5. The Morgan fingerprint density at radius 2 is 1.49 bits per heavy atom. The molecule has 0 bridgehead atoms. The van der Waals surface area contributed by atoms with Gasteiger partial charge in [-0.2, -0.15) is 5.10 Å². The third kappa shape index (κ3) is 7.28. The number of amides is 1. The molecule has 3 rings (SSSR count). The van der Waals surface area contributed by atoms with Gasteiger partial charge < -0.3 is 28.4 Å². The quantitative estimate of drug-likeness (QED) is 0.171. The molecule has 0 spiro atoms. The number of benzene rings is 3. The maximum atomic E-state index is 12.8. The number of hydrogen-bond donors (Lipinski definition) is 1. The number of nitrogens with zero attached hydrogens (tertiary/aromatic N) is 1. The van der Waals surface area contributed by atoms with E-state index in [1.807, 2.05) is 0 Å². The number of nitrogens with one attached hydrogen (secondary N) is 1. The third-order valence-electron chi connectivity index (χ3n) is 4.88. The van der Waals surface area contributed by atoms with Crippen molar-refractivity contribution < 1.29 is 38.0 Å². The van der Waals surface area contributed by atoms with Crippen molar-refractivity contribution >= 4 is 29.7 Å². The lowest BCUT2D eigenvalue weighted by molar-refractivity contribution is -0.123. The second-order valence-electron chi connectivity index (χ2n) is 7.25. The molecule has 0 aliphatic carbocycles. The summed E-state index contributed by atoms with van der Waals surface area (Å²) in [4.78, 5) is 24.8. The molecule has 0 heterocycles. The Bertz CT molecular complexity index is 1250. The monoisotopic (exact) mass is 528 g/mol. The van der Waals surface area contributed by atoms with Crippen molar-refractivity contribution in [1.82, 2.24) is 5.43 Å². The van der Waals surface area contributed by atoms with Gasteiger partial charge in [0.2, 0.25) is 5.75 Å². The van der Waals surface area contributed by atoms with Crippen LogP contribution in [0.25, 0.3) is 0 Å². The van der Waals surface area contributed by atoms with E-state index < -0.39 is 11.9 Å². The lowest BCUT2D eigenvalue weighted by Gasteiger charge is -2.14. The molecular formula is C26H25ClN2O8. The van der Waals surface area contributed by atoms with E-state index in [0.29, 0.717) is 33.6 Å². The Labute approximate surface area is 218 Å². The Hall–Kier alpha value is -4.44. The van der Waals surface area contributed by atoms with Crippen molar-refractivity contribution in [2.24, 2.45) is 5.10 Å². The number of esters is 1. The van der Waals surface area contributed by atoms with Gasteiger partial charge in [0.1, 0.15) is 5.75 Å². The van der Waals surface area contributed by atoms with E-state index in [4.69, 9.17) is 40.0 Å². The van der Waals surface area contributed by atoms with E-state index in [9.17, 15) is 9.59 Å². The highest BCUT2D eigenvalue weighted by Crippen LogP contribution is 2.38. The SMILES string of the molecule is COc1cc(/C=N/NC(=O)COc2ccc(Cl)cc2)ccc1OC(=O)c1cc(OC)c(OC)c(OC)c1. The minimum atomic E-state index is -0.660. The fourth-order valence-electron chi connectivity index (χ4n) is 3.10. The fourth-order valence-corrected chi connectivity index (χ4v) is 3.22. The second kappa shape index (κ2) is 13.0. The predicted octanol–water partition coefficient (Wildman–Crippen LogP) is 4.12. The molecule has 0 saturated heterocycles. The highest BCUT2D eigenvalue weighted by molar-refractivity contribution is 6.30. The maximum Gasteiger partial charge on any atom is 0.343 e. The van der Waals surface area contributed by atoms with Crippen LogP contribution in [0.3, 0.4) is 0 Å². The average molecular weight is 529 g/mol. The molecule has 0 aliphatic rings. The first-order chi connectivity index (χ1) is 17.9. The summed E-state index contributed by atoms with van der Waals surface area (Å²) in [6, 6.07) is 14.4. The lowest BCUT2D eigenvalue weighted by Crippen LogP contribution is -2.24. The first-order valence-corrected chi connectivity index (χ1v) is 11.2. The summed E-state index contributed by atoms with van der Waals surface area (Å²) < 4.78 is 32.1. The van der Waals surface area contributed by atoms with Crippen LogP contribution in [-0.4, -0.2) is 53.1 Å². The topological polar surface area (TPSA) is 114 Å². The number of hydrazone groups is 1. The van der Waals surface area contributed by atoms with Gasteiger partial charge in [-0.05, 0) is 60.2 Å². The van der Waals surface area contributed by atoms with Crippen LogP contribution in [0.5, 0.6) is 34.5 Å². The molecule has 0 fully saturated rings. The van der Waals surface area contributed by atoms with Crippen LogP contribution in [-0.2, 0) is 4.79 Å². The third-order valence-corrected chi connectivity index (χ3v) is 5.13. The molecule has 11 heteroatoms. The largest absolute Gasteiger partial charge is 0.493 e. The normalized spacial score (nSPS) is 10.5. The first kappa shape index (κ1) is 27.2. The number of carbonyl (C=O) groups is 2. The van der Waals surface area contributed by atoms with Crippen LogP contribution in [0.15, 0.2) is 59.7 Å². The molecule has 3 aromatic rings.